The van der Waals surface area contributed by atoms with E-state index in [1.807, 2.05) is 29.2 Å². The lowest BCUT2D eigenvalue weighted by atomic mass is 9.83. The van der Waals surface area contributed by atoms with Crippen LogP contribution in [0, 0.1) is 0 Å². The van der Waals surface area contributed by atoms with Gasteiger partial charge in [-0.2, -0.15) is 0 Å². The van der Waals surface area contributed by atoms with Crippen LogP contribution in [0.1, 0.15) is 44.7 Å². The molecule has 0 spiro atoms. The Bertz CT molecular complexity index is 1330. The molecule has 0 saturated carbocycles. The molecule has 2 aliphatic heterocycles. The first-order valence-electron chi connectivity index (χ1n) is 10.4. The van der Waals surface area contributed by atoms with Crippen LogP contribution >= 0.6 is 0 Å². The second-order valence-electron chi connectivity index (χ2n) is 8.09. The number of carbonyl (C=O) groups is 1. The number of methoxy groups -OCH3 is 2. The molecule has 2 aliphatic rings. The Labute approximate surface area is 180 Å². The Morgan fingerprint density at radius 1 is 0.935 bits per heavy atom. The fourth-order valence-electron chi connectivity index (χ4n) is 5.34. The number of ether oxygens (including phenoxy) is 2. The Balaban J connectivity index is 1.63. The SMILES string of the molecule is COc1ccc2c(c1OC)C(=O)N1C[C@H](c3ccccc3)c3c([nH]c4ccccc34)[C@@H]21. The van der Waals surface area contributed by atoms with Gasteiger partial charge < -0.3 is 19.4 Å². The minimum atomic E-state index is -0.162. The number of rotatable bonds is 3. The molecule has 5 nitrogen and oxygen atoms in total. The summed E-state index contributed by atoms with van der Waals surface area (Å²) in [6, 6.07) is 22.6. The van der Waals surface area contributed by atoms with Crippen molar-refractivity contribution in [2.45, 2.75) is 12.0 Å². The van der Waals surface area contributed by atoms with E-state index in [0.29, 0.717) is 23.6 Å². The number of hydrogen-bond acceptors (Lipinski definition) is 3. The molecule has 3 heterocycles. The third-order valence-corrected chi connectivity index (χ3v) is 6.64. The van der Waals surface area contributed by atoms with Gasteiger partial charge in [-0.3, -0.25) is 4.79 Å². The molecule has 0 saturated heterocycles. The number of para-hydroxylation sites is 1. The number of hydrogen-bond donors (Lipinski definition) is 1. The van der Waals surface area contributed by atoms with Gasteiger partial charge in [-0.25, -0.2) is 0 Å². The molecule has 4 aromatic rings. The summed E-state index contributed by atoms with van der Waals surface area (Å²) in [6.07, 6.45) is 0. The van der Waals surface area contributed by atoms with Gasteiger partial charge in [0.15, 0.2) is 11.5 Å². The predicted octanol–water partition coefficient (Wildman–Crippen LogP) is 4.88. The number of benzene rings is 3. The average Bonchev–Trinajstić information content (AvgIpc) is 3.34. The van der Waals surface area contributed by atoms with Gasteiger partial charge in [-0.05, 0) is 28.8 Å². The molecule has 0 fully saturated rings. The number of aromatic amines is 1. The molecule has 0 unspecified atom stereocenters. The lowest BCUT2D eigenvalue weighted by Gasteiger charge is -2.36. The van der Waals surface area contributed by atoms with Crippen LogP contribution in [-0.2, 0) is 0 Å². The Morgan fingerprint density at radius 3 is 2.48 bits per heavy atom. The van der Waals surface area contributed by atoms with E-state index in [2.05, 4.69) is 47.4 Å². The van der Waals surface area contributed by atoms with Crippen molar-refractivity contribution in [3.05, 3.63) is 94.7 Å². The van der Waals surface area contributed by atoms with Crippen molar-refractivity contribution in [1.29, 1.82) is 0 Å². The summed E-state index contributed by atoms with van der Waals surface area (Å²) in [5.41, 5.74) is 6.23. The van der Waals surface area contributed by atoms with Gasteiger partial charge in [0.2, 0.25) is 0 Å². The van der Waals surface area contributed by atoms with Gasteiger partial charge in [-0.1, -0.05) is 54.6 Å². The molecule has 3 aromatic carbocycles. The summed E-state index contributed by atoms with van der Waals surface area (Å²) in [7, 11) is 3.18. The number of nitrogens with zero attached hydrogens (tertiary/aromatic N) is 1. The van der Waals surface area contributed by atoms with Crippen LogP contribution in [0.2, 0.25) is 0 Å². The third-order valence-electron chi connectivity index (χ3n) is 6.64. The van der Waals surface area contributed by atoms with Crippen molar-refractivity contribution in [3.63, 3.8) is 0 Å². The van der Waals surface area contributed by atoms with Crippen molar-refractivity contribution in [1.82, 2.24) is 9.88 Å². The molecule has 0 bridgehead atoms. The summed E-state index contributed by atoms with van der Waals surface area (Å²) in [5, 5.41) is 1.22. The zero-order valence-electron chi connectivity index (χ0n) is 17.4. The van der Waals surface area contributed by atoms with Gasteiger partial charge in [0.1, 0.15) is 0 Å². The third kappa shape index (κ3) is 2.40. The molecule has 0 radical (unpaired) electrons. The topological polar surface area (TPSA) is 54.6 Å². The average molecular weight is 410 g/mol. The zero-order valence-corrected chi connectivity index (χ0v) is 17.4. The number of amides is 1. The highest BCUT2D eigenvalue weighted by molar-refractivity contribution is 6.04. The van der Waals surface area contributed by atoms with E-state index >= 15 is 0 Å². The minimum Gasteiger partial charge on any atom is -0.493 e. The van der Waals surface area contributed by atoms with E-state index in [-0.39, 0.29) is 17.9 Å². The van der Waals surface area contributed by atoms with Gasteiger partial charge in [-0.15, -0.1) is 0 Å². The number of aromatic nitrogens is 1. The van der Waals surface area contributed by atoms with Crippen molar-refractivity contribution in [2.75, 3.05) is 20.8 Å². The van der Waals surface area contributed by atoms with Crippen LogP contribution in [0.5, 0.6) is 11.5 Å². The summed E-state index contributed by atoms with van der Waals surface area (Å²) < 4.78 is 11.1. The molecule has 31 heavy (non-hydrogen) atoms. The molecular weight excluding hydrogens is 388 g/mol. The predicted molar refractivity (Wildman–Crippen MR) is 119 cm³/mol. The van der Waals surface area contributed by atoms with Gasteiger partial charge in [0.05, 0.1) is 25.8 Å². The molecule has 1 N–H and O–H groups in total. The van der Waals surface area contributed by atoms with Crippen molar-refractivity contribution in [2.24, 2.45) is 0 Å². The van der Waals surface area contributed by atoms with Crippen LogP contribution in [-0.4, -0.2) is 36.6 Å². The Hall–Kier alpha value is -3.73. The molecule has 1 aromatic heterocycles. The summed E-state index contributed by atoms with van der Waals surface area (Å²) >= 11 is 0. The first kappa shape index (κ1) is 18.1. The standard InChI is InChI=1S/C26H22N2O3/c1-30-20-13-12-17-22(25(20)31-2)26(29)28-14-18(15-8-4-3-5-9-15)21-16-10-6-7-11-19(16)27-23(21)24(17)28/h3-13,18,24,27H,14H2,1-2H3/t18-,24-/m1/s1. The lowest BCUT2D eigenvalue weighted by molar-refractivity contribution is 0.0725. The molecular formula is C26H22N2O3. The van der Waals surface area contributed by atoms with Crippen molar-refractivity contribution >= 4 is 16.8 Å². The highest BCUT2D eigenvalue weighted by Gasteiger charge is 2.47. The number of nitrogens with one attached hydrogen (secondary N) is 1. The van der Waals surface area contributed by atoms with E-state index in [0.717, 1.165) is 16.8 Å². The summed E-state index contributed by atoms with van der Waals surface area (Å²) in [5.74, 6) is 1.16. The van der Waals surface area contributed by atoms with Gasteiger partial charge in [0.25, 0.3) is 5.91 Å². The molecule has 2 atom stereocenters. The fraction of sp³-hybridized carbons (Fsp3) is 0.192. The van der Waals surface area contributed by atoms with E-state index in [1.165, 1.54) is 16.5 Å². The second-order valence-corrected chi connectivity index (χ2v) is 8.09. The minimum absolute atomic E-state index is 0.0130. The second kappa shape index (κ2) is 6.64. The molecule has 5 heteroatoms. The van der Waals surface area contributed by atoms with Gasteiger partial charge in [0, 0.05) is 29.1 Å². The van der Waals surface area contributed by atoms with Crippen LogP contribution in [0.25, 0.3) is 10.9 Å². The van der Waals surface area contributed by atoms with E-state index in [1.54, 1.807) is 14.2 Å². The monoisotopic (exact) mass is 410 g/mol. The van der Waals surface area contributed by atoms with E-state index in [9.17, 15) is 4.79 Å². The van der Waals surface area contributed by atoms with E-state index < -0.39 is 0 Å². The maximum absolute atomic E-state index is 13.7. The number of H-pyrrole nitrogens is 1. The normalized spacial score (nSPS) is 19.2. The first-order chi connectivity index (χ1) is 15.2. The molecule has 154 valence electrons. The Morgan fingerprint density at radius 2 is 1.71 bits per heavy atom. The van der Waals surface area contributed by atoms with Crippen LogP contribution < -0.4 is 9.47 Å². The number of fused-ring (bicyclic) bond motifs is 7. The molecule has 0 aliphatic carbocycles. The van der Waals surface area contributed by atoms with Crippen LogP contribution in [0.4, 0.5) is 0 Å². The first-order valence-corrected chi connectivity index (χ1v) is 10.4. The van der Waals surface area contributed by atoms with Gasteiger partial charge >= 0.3 is 0 Å². The van der Waals surface area contributed by atoms with Crippen molar-refractivity contribution in [3.8, 4) is 11.5 Å². The largest absolute Gasteiger partial charge is 0.493 e. The zero-order chi connectivity index (χ0) is 21.1. The maximum Gasteiger partial charge on any atom is 0.259 e. The van der Waals surface area contributed by atoms with Crippen LogP contribution in [0.3, 0.4) is 0 Å². The van der Waals surface area contributed by atoms with Crippen molar-refractivity contribution < 1.29 is 14.3 Å². The summed E-state index contributed by atoms with van der Waals surface area (Å²) in [4.78, 5) is 19.3. The highest BCUT2D eigenvalue weighted by atomic mass is 16.5. The van der Waals surface area contributed by atoms with E-state index in [4.69, 9.17) is 9.47 Å². The summed E-state index contributed by atoms with van der Waals surface area (Å²) in [6.45, 7) is 0.614. The maximum atomic E-state index is 13.7. The number of carbonyl (C=O) groups excluding carboxylic acids is 1. The Kier molecular flexibility index (Phi) is 3.87. The highest BCUT2D eigenvalue weighted by Crippen LogP contribution is 2.52. The van der Waals surface area contributed by atoms with Crippen LogP contribution in [0.15, 0.2) is 66.7 Å². The fourth-order valence-corrected chi connectivity index (χ4v) is 5.34. The molecule has 1 amide bonds. The molecule has 6 rings (SSSR count). The smallest absolute Gasteiger partial charge is 0.259 e. The quantitative estimate of drug-likeness (QED) is 0.524. The lowest BCUT2D eigenvalue weighted by Crippen LogP contribution is -2.37.